The molecule has 140 valence electrons. The highest BCUT2D eigenvalue weighted by Gasteiger charge is 2.20. The number of thioether (sulfide) groups is 1. The summed E-state index contributed by atoms with van der Waals surface area (Å²) >= 11 is 3.04. The van der Waals surface area contributed by atoms with Gasteiger partial charge in [-0.25, -0.2) is 4.98 Å². The van der Waals surface area contributed by atoms with Crippen molar-refractivity contribution < 1.29 is 4.79 Å². The lowest BCUT2D eigenvalue weighted by Gasteiger charge is -2.10. The van der Waals surface area contributed by atoms with E-state index in [1.165, 1.54) is 22.0 Å². The second-order valence-electron chi connectivity index (χ2n) is 6.28. The molecule has 7 nitrogen and oxygen atoms in total. The van der Waals surface area contributed by atoms with Gasteiger partial charge >= 0.3 is 0 Å². The van der Waals surface area contributed by atoms with Gasteiger partial charge in [0.2, 0.25) is 10.1 Å². The van der Waals surface area contributed by atoms with Gasteiger partial charge in [0.05, 0.1) is 0 Å². The number of anilines is 1. The van der Waals surface area contributed by atoms with Crippen molar-refractivity contribution in [2.45, 2.75) is 24.3 Å². The van der Waals surface area contributed by atoms with Crippen molar-refractivity contribution in [1.82, 2.24) is 19.9 Å². The van der Waals surface area contributed by atoms with Crippen LogP contribution in [0.3, 0.4) is 0 Å². The first-order valence-corrected chi connectivity index (χ1v) is 10.7. The Labute approximate surface area is 164 Å². The minimum atomic E-state index is -0.438. The molecule has 0 saturated carbocycles. The molecule has 0 atom stereocenters. The second-order valence-corrected chi connectivity index (χ2v) is 8.10. The monoisotopic (exact) mass is 401 g/mol. The molecule has 3 aromatic rings. The molecule has 3 heterocycles. The molecule has 0 radical (unpaired) electrons. The van der Waals surface area contributed by atoms with E-state index in [9.17, 15) is 9.59 Å². The molecule has 1 aliphatic rings. The van der Waals surface area contributed by atoms with E-state index in [-0.39, 0.29) is 5.56 Å². The fourth-order valence-electron chi connectivity index (χ4n) is 2.99. The van der Waals surface area contributed by atoms with Gasteiger partial charge in [0, 0.05) is 30.7 Å². The maximum absolute atomic E-state index is 12.7. The Balaban J connectivity index is 1.52. The van der Waals surface area contributed by atoms with Crippen LogP contribution in [0.5, 0.6) is 0 Å². The molecule has 2 aromatic heterocycles. The van der Waals surface area contributed by atoms with Crippen molar-refractivity contribution in [3.63, 3.8) is 0 Å². The van der Waals surface area contributed by atoms with Gasteiger partial charge in [-0.15, -0.1) is 16.9 Å². The Kier molecular flexibility index (Phi) is 5.13. The summed E-state index contributed by atoms with van der Waals surface area (Å²) in [5, 5.41) is 7.95. The van der Waals surface area contributed by atoms with Gasteiger partial charge in [0.25, 0.3) is 11.5 Å². The third-order valence-corrected chi connectivity index (χ3v) is 6.24. The molecule has 0 unspecified atom stereocenters. The zero-order valence-corrected chi connectivity index (χ0v) is 16.5. The van der Waals surface area contributed by atoms with E-state index in [4.69, 9.17) is 0 Å². The molecule has 0 aliphatic carbocycles. The number of hydrogen-bond donors (Lipinski definition) is 1. The average molecular weight is 402 g/mol. The zero-order chi connectivity index (χ0) is 18.8. The molecule has 1 amide bonds. The largest absolute Gasteiger partial charge is 0.348 e. The highest BCUT2D eigenvalue weighted by atomic mass is 32.2. The number of hydrogen-bond acceptors (Lipinski definition) is 7. The minimum Gasteiger partial charge on any atom is -0.348 e. The predicted molar refractivity (Wildman–Crippen MR) is 108 cm³/mol. The van der Waals surface area contributed by atoms with Crippen LogP contribution in [-0.2, 0) is 6.54 Å². The topological polar surface area (TPSA) is 79.6 Å². The molecule has 1 N–H and O–H groups in total. The van der Waals surface area contributed by atoms with Crippen molar-refractivity contribution >= 4 is 39.1 Å². The summed E-state index contributed by atoms with van der Waals surface area (Å²) in [6.45, 7) is 2.24. The van der Waals surface area contributed by atoms with Crippen LogP contribution in [-0.4, -0.2) is 39.9 Å². The molecule has 4 rings (SSSR count). The Hall–Kier alpha value is -2.39. The minimum absolute atomic E-state index is 0.00602. The average Bonchev–Trinajstić information content (AvgIpc) is 3.36. The van der Waals surface area contributed by atoms with Gasteiger partial charge in [-0.2, -0.15) is 4.52 Å². The van der Waals surface area contributed by atoms with Gasteiger partial charge < -0.3 is 10.2 Å². The lowest BCUT2D eigenvalue weighted by atomic mass is 10.2. The second kappa shape index (κ2) is 7.69. The van der Waals surface area contributed by atoms with E-state index in [0.29, 0.717) is 11.5 Å². The number of aromatic nitrogens is 3. The number of nitrogens with one attached hydrogen (secondary N) is 1. The molecule has 1 aliphatic heterocycles. The maximum atomic E-state index is 12.7. The lowest BCUT2D eigenvalue weighted by Crippen LogP contribution is -2.31. The Morgan fingerprint density at radius 2 is 2.00 bits per heavy atom. The van der Waals surface area contributed by atoms with Crippen LogP contribution < -0.4 is 15.8 Å². The fourth-order valence-corrected chi connectivity index (χ4v) is 4.31. The summed E-state index contributed by atoms with van der Waals surface area (Å²) in [7, 11) is 0. The van der Waals surface area contributed by atoms with Crippen LogP contribution in [0.1, 0.15) is 28.8 Å². The first-order chi connectivity index (χ1) is 13.2. The van der Waals surface area contributed by atoms with Crippen molar-refractivity contribution in [2.24, 2.45) is 0 Å². The number of carbonyl (C=O) groups is 1. The standard InChI is InChI=1S/C18H19N5O2S2/c1-26-13-6-4-12(5-7-13)10-19-15(24)14-11-20-17-23(16(14)25)21-18(27-17)22-8-2-3-9-22/h4-7,11H,2-3,8-10H2,1H3,(H,19,24). The van der Waals surface area contributed by atoms with Crippen LogP contribution in [0.25, 0.3) is 4.96 Å². The predicted octanol–water partition coefficient (Wildman–Crippen LogP) is 2.40. The van der Waals surface area contributed by atoms with Crippen LogP contribution in [0.2, 0.25) is 0 Å². The first kappa shape index (κ1) is 18.0. The summed E-state index contributed by atoms with van der Waals surface area (Å²) in [4.78, 5) is 33.2. The van der Waals surface area contributed by atoms with Crippen molar-refractivity contribution in [1.29, 1.82) is 0 Å². The molecule has 1 fully saturated rings. The van der Waals surface area contributed by atoms with E-state index < -0.39 is 11.5 Å². The van der Waals surface area contributed by atoms with E-state index >= 15 is 0 Å². The highest BCUT2D eigenvalue weighted by Crippen LogP contribution is 2.24. The Morgan fingerprint density at radius 1 is 1.26 bits per heavy atom. The zero-order valence-electron chi connectivity index (χ0n) is 14.8. The molecular weight excluding hydrogens is 382 g/mol. The molecule has 9 heteroatoms. The van der Waals surface area contributed by atoms with Crippen LogP contribution in [0.4, 0.5) is 5.13 Å². The normalized spacial score (nSPS) is 14.0. The third kappa shape index (κ3) is 3.70. The van der Waals surface area contributed by atoms with Gasteiger partial charge in [-0.05, 0) is 36.8 Å². The van der Waals surface area contributed by atoms with Crippen LogP contribution in [0, 0.1) is 0 Å². The van der Waals surface area contributed by atoms with E-state index in [2.05, 4.69) is 20.3 Å². The fraction of sp³-hybridized carbons (Fsp3) is 0.333. The van der Waals surface area contributed by atoms with Gasteiger partial charge in [0.15, 0.2) is 0 Å². The van der Waals surface area contributed by atoms with Gasteiger partial charge in [-0.1, -0.05) is 23.5 Å². The molecular formula is C18H19N5O2S2. The Bertz CT molecular complexity index is 1020. The number of rotatable bonds is 5. The van der Waals surface area contributed by atoms with E-state index in [1.54, 1.807) is 11.8 Å². The summed E-state index contributed by atoms with van der Waals surface area (Å²) in [6.07, 6.45) is 5.62. The molecule has 1 aromatic carbocycles. The molecule has 27 heavy (non-hydrogen) atoms. The number of nitrogens with zero attached hydrogens (tertiary/aromatic N) is 4. The number of amides is 1. The van der Waals surface area contributed by atoms with Crippen molar-refractivity contribution in [3.8, 4) is 0 Å². The Morgan fingerprint density at radius 3 is 2.70 bits per heavy atom. The summed E-state index contributed by atoms with van der Waals surface area (Å²) in [6, 6.07) is 7.93. The molecule has 1 saturated heterocycles. The number of fused-ring (bicyclic) bond motifs is 1. The van der Waals surface area contributed by atoms with Crippen molar-refractivity contribution in [2.75, 3.05) is 24.2 Å². The lowest BCUT2D eigenvalue weighted by molar-refractivity contribution is 0.0948. The van der Waals surface area contributed by atoms with E-state index in [1.807, 2.05) is 30.5 Å². The van der Waals surface area contributed by atoms with Crippen molar-refractivity contribution in [3.05, 3.63) is 51.9 Å². The smallest absolute Gasteiger partial charge is 0.288 e. The third-order valence-electron chi connectivity index (χ3n) is 4.51. The SMILES string of the molecule is CSc1ccc(CNC(=O)c2cnc3sc(N4CCCC4)nn3c2=O)cc1. The highest BCUT2D eigenvalue weighted by molar-refractivity contribution is 7.98. The summed E-state index contributed by atoms with van der Waals surface area (Å²) in [5.74, 6) is -0.438. The summed E-state index contributed by atoms with van der Waals surface area (Å²) in [5.41, 5.74) is 0.545. The van der Waals surface area contributed by atoms with Crippen LogP contribution >= 0.6 is 23.1 Å². The molecule has 0 bridgehead atoms. The van der Waals surface area contributed by atoms with Gasteiger partial charge in [-0.3, -0.25) is 9.59 Å². The maximum Gasteiger partial charge on any atom is 0.288 e. The summed E-state index contributed by atoms with van der Waals surface area (Å²) < 4.78 is 1.24. The first-order valence-electron chi connectivity index (χ1n) is 8.70. The number of benzene rings is 1. The molecule has 0 spiro atoms. The quantitative estimate of drug-likeness (QED) is 0.662. The van der Waals surface area contributed by atoms with E-state index in [0.717, 1.165) is 41.5 Å². The van der Waals surface area contributed by atoms with Gasteiger partial charge in [0.1, 0.15) is 5.56 Å². The number of carbonyl (C=O) groups excluding carboxylic acids is 1. The van der Waals surface area contributed by atoms with Crippen LogP contribution in [0.15, 0.2) is 40.2 Å².